The lowest BCUT2D eigenvalue weighted by Gasteiger charge is -2.30. The molecule has 0 spiro atoms. The molecule has 1 saturated heterocycles. The highest BCUT2D eigenvalue weighted by Gasteiger charge is 2.28. The number of anilines is 1. The van der Waals surface area contributed by atoms with E-state index in [0.717, 1.165) is 5.56 Å². The molecule has 1 aliphatic heterocycles. The first-order valence-electron chi connectivity index (χ1n) is 9.11. The van der Waals surface area contributed by atoms with Gasteiger partial charge >= 0.3 is 6.03 Å². The number of nitrogens with one attached hydrogen (secondary N) is 1. The SMILES string of the molecule is O=C(Nc1ccc(Br)cc1F)N1CCC(c2nc(-c3ccccc3Cl)no2)CC1. The Balaban J connectivity index is 1.37. The Hall–Kier alpha value is -2.45. The lowest BCUT2D eigenvalue weighted by atomic mass is 9.97. The number of urea groups is 1. The fraction of sp³-hybridized carbons (Fsp3) is 0.250. The molecule has 0 atom stereocenters. The van der Waals surface area contributed by atoms with Crippen molar-refractivity contribution >= 4 is 39.2 Å². The second-order valence-corrected chi connectivity index (χ2v) is 8.07. The van der Waals surface area contributed by atoms with E-state index in [4.69, 9.17) is 16.1 Å². The van der Waals surface area contributed by atoms with E-state index < -0.39 is 5.82 Å². The van der Waals surface area contributed by atoms with Gasteiger partial charge in [-0.25, -0.2) is 9.18 Å². The summed E-state index contributed by atoms with van der Waals surface area (Å²) in [6.45, 7) is 1.02. The minimum Gasteiger partial charge on any atom is -0.339 e. The molecule has 1 fully saturated rings. The van der Waals surface area contributed by atoms with Crippen LogP contribution in [0.3, 0.4) is 0 Å². The van der Waals surface area contributed by atoms with Crippen LogP contribution in [-0.4, -0.2) is 34.2 Å². The molecule has 2 heterocycles. The van der Waals surface area contributed by atoms with E-state index in [1.54, 1.807) is 17.0 Å². The number of aromatic nitrogens is 2. The Morgan fingerprint density at radius 2 is 2.00 bits per heavy atom. The third-order valence-corrected chi connectivity index (χ3v) is 5.68. The van der Waals surface area contributed by atoms with Crippen LogP contribution in [0.25, 0.3) is 11.4 Å². The van der Waals surface area contributed by atoms with Gasteiger partial charge in [-0.2, -0.15) is 4.98 Å². The largest absolute Gasteiger partial charge is 0.339 e. The lowest BCUT2D eigenvalue weighted by Crippen LogP contribution is -2.40. The summed E-state index contributed by atoms with van der Waals surface area (Å²) in [4.78, 5) is 18.6. The van der Waals surface area contributed by atoms with Gasteiger partial charge in [-0.1, -0.05) is 44.8 Å². The summed E-state index contributed by atoms with van der Waals surface area (Å²) >= 11 is 9.39. The van der Waals surface area contributed by atoms with Crippen LogP contribution < -0.4 is 5.32 Å². The molecule has 1 N–H and O–H groups in total. The highest BCUT2D eigenvalue weighted by molar-refractivity contribution is 9.10. The monoisotopic (exact) mass is 478 g/mol. The average Bonchev–Trinajstić information content (AvgIpc) is 3.20. The zero-order valence-corrected chi connectivity index (χ0v) is 17.6. The standard InChI is InChI=1S/C20H17BrClFN4O2/c21-13-5-6-17(16(23)11-13)24-20(28)27-9-7-12(8-10-27)19-25-18(26-29-19)14-3-1-2-4-15(14)22/h1-6,11-12H,7-10H2,(H,24,28). The van der Waals surface area contributed by atoms with Crippen molar-refractivity contribution in [3.63, 3.8) is 0 Å². The predicted molar refractivity (Wildman–Crippen MR) is 111 cm³/mol. The fourth-order valence-electron chi connectivity index (χ4n) is 3.27. The molecule has 1 aromatic heterocycles. The molecule has 0 unspecified atom stereocenters. The summed E-state index contributed by atoms with van der Waals surface area (Å²) in [6, 6.07) is 11.5. The number of rotatable bonds is 3. The van der Waals surface area contributed by atoms with Crippen molar-refractivity contribution in [3.05, 3.63) is 63.7 Å². The van der Waals surface area contributed by atoms with Crippen LogP contribution in [0.4, 0.5) is 14.9 Å². The Morgan fingerprint density at radius 1 is 1.24 bits per heavy atom. The number of hydrogen-bond donors (Lipinski definition) is 1. The van der Waals surface area contributed by atoms with Crippen molar-refractivity contribution in [1.82, 2.24) is 15.0 Å². The van der Waals surface area contributed by atoms with Crippen LogP contribution >= 0.6 is 27.5 Å². The Kier molecular flexibility index (Phi) is 5.82. The van der Waals surface area contributed by atoms with E-state index in [0.29, 0.717) is 47.1 Å². The Morgan fingerprint density at radius 3 is 2.72 bits per heavy atom. The van der Waals surface area contributed by atoms with E-state index in [9.17, 15) is 9.18 Å². The van der Waals surface area contributed by atoms with Crippen LogP contribution in [0.5, 0.6) is 0 Å². The number of carbonyl (C=O) groups is 1. The number of likely N-dealkylation sites (tertiary alicyclic amines) is 1. The van der Waals surface area contributed by atoms with Crippen LogP contribution in [0, 0.1) is 5.82 Å². The van der Waals surface area contributed by atoms with Gasteiger partial charge in [-0.3, -0.25) is 0 Å². The van der Waals surface area contributed by atoms with E-state index >= 15 is 0 Å². The first-order chi connectivity index (χ1) is 14.0. The molecule has 0 aliphatic carbocycles. The topological polar surface area (TPSA) is 71.3 Å². The molecule has 6 nitrogen and oxygen atoms in total. The van der Waals surface area contributed by atoms with Gasteiger partial charge in [0.2, 0.25) is 11.7 Å². The number of nitrogens with zero attached hydrogens (tertiary/aromatic N) is 3. The van der Waals surface area contributed by atoms with Crippen molar-refractivity contribution in [2.45, 2.75) is 18.8 Å². The Bertz CT molecular complexity index is 1040. The number of halogens is 3. The molecule has 29 heavy (non-hydrogen) atoms. The van der Waals surface area contributed by atoms with Gasteiger partial charge in [0.25, 0.3) is 0 Å². The van der Waals surface area contributed by atoms with Crippen molar-refractivity contribution in [2.75, 3.05) is 18.4 Å². The third kappa shape index (κ3) is 4.43. The van der Waals surface area contributed by atoms with Crippen LogP contribution in [0.2, 0.25) is 5.02 Å². The number of hydrogen-bond acceptors (Lipinski definition) is 4. The maximum absolute atomic E-state index is 13.9. The lowest BCUT2D eigenvalue weighted by molar-refractivity contribution is 0.187. The number of piperidine rings is 1. The molecule has 2 aromatic carbocycles. The third-order valence-electron chi connectivity index (χ3n) is 4.86. The van der Waals surface area contributed by atoms with E-state index in [1.807, 2.05) is 18.2 Å². The molecule has 4 rings (SSSR count). The molecule has 2 amide bonds. The van der Waals surface area contributed by atoms with Crippen molar-refractivity contribution in [2.24, 2.45) is 0 Å². The summed E-state index contributed by atoms with van der Waals surface area (Å²) in [7, 11) is 0. The number of benzene rings is 2. The summed E-state index contributed by atoms with van der Waals surface area (Å²) in [6.07, 6.45) is 1.36. The number of carbonyl (C=O) groups excluding carboxylic acids is 1. The molecule has 9 heteroatoms. The minimum absolute atomic E-state index is 0.0622. The first kappa shape index (κ1) is 19.8. The Labute approximate surface area is 180 Å². The van der Waals surface area contributed by atoms with Crippen LogP contribution in [-0.2, 0) is 0 Å². The maximum Gasteiger partial charge on any atom is 0.321 e. The van der Waals surface area contributed by atoms with Gasteiger partial charge in [-0.05, 0) is 43.2 Å². The molecule has 0 saturated carbocycles. The number of amides is 2. The highest BCUT2D eigenvalue weighted by Crippen LogP contribution is 2.31. The second kappa shape index (κ2) is 8.51. The van der Waals surface area contributed by atoms with Crippen molar-refractivity contribution in [3.8, 4) is 11.4 Å². The van der Waals surface area contributed by atoms with E-state index in [1.165, 1.54) is 12.1 Å². The quantitative estimate of drug-likeness (QED) is 0.523. The summed E-state index contributed by atoms with van der Waals surface area (Å²) < 4.78 is 20.0. The minimum atomic E-state index is -0.486. The van der Waals surface area contributed by atoms with Gasteiger partial charge in [0.15, 0.2) is 0 Å². The van der Waals surface area contributed by atoms with Crippen LogP contribution in [0.15, 0.2) is 51.5 Å². The van der Waals surface area contributed by atoms with Crippen molar-refractivity contribution < 1.29 is 13.7 Å². The zero-order valence-electron chi connectivity index (χ0n) is 15.2. The van der Waals surface area contributed by atoms with Gasteiger partial charge in [0.05, 0.1) is 10.7 Å². The summed E-state index contributed by atoms with van der Waals surface area (Å²) in [5.41, 5.74) is 0.874. The van der Waals surface area contributed by atoms with E-state index in [-0.39, 0.29) is 17.6 Å². The average molecular weight is 480 g/mol. The smallest absolute Gasteiger partial charge is 0.321 e. The fourth-order valence-corrected chi connectivity index (χ4v) is 3.82. The predicted octanol–water partition coefficient (Wildman–Crippen LogP) is 5.70. The molecule has 150 valence electrons. The van der Waals surface area contributed by atoms with Gasteiger partial charge in [-0.15, -0.1) is 0 Å². The van der Waals surface area contributed by atoms with Gasteiger partial charge < -0.3 is 14.7 Å². The van der Waals surface area contributed by atoms with Crippen LogP contribution in [0.1, 0.15) is 24.7 Å². The second-order valence-electron chi connectivity index (χ2n) is 6.75. The molecule has 0 bridgehead atoms. The summed E-state index contributed by atoms with van der Waals surface area (Å²) in [5, 5.41) is 7.22. The van der Waals surface area contributed by atoms with E-state index in [2.05, 4.69) is 31.4 Å². The van der Waals surface area contributed by atoms with Gasteiger partial charge in [0, 0.05) is 29.0 Å². The normalized spacial score (nSPS) is 14.8. The maximum atomic E-state index is 13.9. The highest BCUT2D eigenvalue weighted by atomic mass is 79.9. The first-order valence-corrected chi connectivity index (χ1v) is 10.3. The van der Waals surface area contributed by atoms with Gasteiger partial charge in [0.1, 0.15) is 5.82 Å². The summed E-state index contributed by atoms with van der Waals surface area (Å²) in [5.74, 6) is 0.572. The molecule has 0 radical (unpaired) electrons. The molecule has 1 aliphatic rings. The molecular weight excluding hydrogens is 463 g/mol. The molecular formula is C20H17BrClFN4O2. The van der Waals surface area contributed by atoms with Crippen molar-refractivity contribution in [1.29, 1.82) is 0 Å². The zero-order chi connectivity index (χ0) is 20.4. The molecule has 3 aromatic rings.